The zero-order valence-corrected chi connectivity index (χ0v) is 16.9. The van der Waals surface area contributed by atoms with Gasteiger partial charge in [-0.1, -0.05) is 25.4 Å². The minimum absolute atomic E-state index is 0.169. The predicted octanol–water partition coefficient (Wildman–Crippen LogP) is 4.78. The Kier molecular flexibility index (Phi) is 6.92. The smallest absolute Gasteiger partial charge is 0.322 e. The highest BCUT2D eigenvalue weighted by atomic mass is 35.5. The molecule has 0 saturated carbocycles. The average Bonchev–Trinajstić information content (AvgIpc) is 2.63. The predicted molar refractivity (Wildman–Crippen MR) is 101 cm³/mol. The number of benzene rings is 2. The molecule has 1 amide bonds. The lowest BCUT2D eigenvalue weighted by Gasteiger charge is -2.19. The summed E-state index contributed by atoms with van der Waals surface area (Å²) in [5.74, 6) is -2.12. The third-order valence-electron chi connectivity index (χ3n) is 4.06. The maximum atomic E-state index is 14.1. The summed E-state index contributed by atoms with van der Waals surface area (Å²) >= 11 is 5.52. The Morgan fingerprint density at radius 3 is 2.28 bits per heavy atom. The number of hydrogen-bond donors (Lipinski definition) is 1. The van der Waals surface area contributed by atoms with Gasteiger partial charge in [-0.2, -0.15) is 17.5 Å². The maximum absolute atomic E-state index is 14.1. The molecule has 0 atom stereocenters. The average molecular weight is 453 g/mol. The summed E-state index contributed by atoms with van der Waals surface area (Å²) in [7, 11) is -3.96. The van der Waals surface area contributed by atoms with Gasteiger partial charge >= 0.3 is 6.18 Å². The van der Waals surface area contributed by atoms with E-state index in [1.165, 1.54) is 0 Å². The summed E-state index contributed by atoms with van der Waals surface area (Å²) < 4.78 is 79.2. The second-order valence-corrected chi connectivity index (χ2v) is 8.22. The molecule has 0 radical (unpaired) electrons. The van der Waals surface area contributed by atoms with Gasteiger partial charge in [0.25, 0.3) is 5.91 Å². The number of amides is 1. The molecule has 2 rings (SSSR count). The van der Waals surface area contributed by atoms with Crippen LogP contribution in [0.15, 0.2) is 41.3 Å². The van der Waals surface area contributed by atoms with E-state index in [2.05, 4.69) is 5.32 Å². The van der Waals surface area contributed by atoms with Crippen LogP contribution in [0.5, 0.6) is 0 Å². The molecule has 2 aromatic carbocycles. The van der Waals surface area contributed by atoms with Crippen molar-refractivity contribution in [1.82, 2.24) is 4.31 Å². The molecule has 0 bridgehead atoms. The van der Waals surface area contributed by atoms with Crippen LogP contribution in [-0.2, 0) is 16.2 Å². The second kappa shape index (κ2) is 8.68. The summed E-state index contributed by atoms with van der Waals surface area (Å²) in [6, 6.07) is 5.34. The summed E-state index contributed by atoms with van der Waals surface area (Å²) in [6.45, 7) is 3.58. The van der Waals surface area contributed by atoms with Gasteiger partial charge in [-0.3, -0.25) is 4.79 Å². The van der Waals surface area contributed by atoms with Gasteiger partial charge in [0.15, 0.2) is 0 Å². The van der Waals surface area contributed by atoms with Gasteiger partial charge < -0.3 is 5.32 Å². The van der Waals surface area contributed by atoms with Crippen LogP contribution < -0.4 is 5.32 Å². The minimum Gasteiger partial charge on any atom is -0.322 e. The SMILES string of the molecule is CCN(CC)S(=O)(=O)c1ccc(F)c(C(=O)Nc2ccc(Cl)c(C(F)(F)F)c2)c1. The van der Waals surface area contributed by atoms with Crippen LogP contribution in [0.1, 0.15) is 29.8 Å². The van der Waals surface area contributed by atoms with Crippen LogP contribution in [0.3, 0.4) is 0 Å². The van der Waals surface area contributed by atoms with Gasteiger partial charge in [0.2, 0.25) is 10.0 Å². The summed E-state index contributed by atoms with van der Waals surface area (Å²) in [4.78, 5) is 12.1. The lowest BCUT2D eigenvalue weighted by Crippen LogP contribution is -2.31. The highest BCUT2D eigenvalue weighted by Gasteiger charge is 2.33. The number of hydrogen-bond acceptors (Lipinski definition) is 3. The molecule has 11 heteroatoms. The van der Waals surface area contributed by atoms with Crippen molar-refractivity contribution in [1.29, 1.82) is 0 Å². The van der Waals surface area contributed by atoms with E-state index in [-0.39, 0.29) is 23.7 Å². The van der Waals surface area contributed by atoms with Crippen molar-refractivity contribution in [2.45, 2.75) is 24.9 Å². The zero-order chi connectivity index (χ0) is 22.0. The minimum atomic E-state index is -4.75. The van der Waals surface area contributed by atoms with Gasteiger partial charge in [-0.05, 0) is 36.4 Å². The maximum Gasteiger partial charge on any atom is 0.417 e. The Hall–Kier alpha value is -2.17. The summed E-state index contributed by atoms with van der Waals surface area (Å²) in [6.07, 6.45) is -4.75. The van der Waals surface area contributed by atoms with E-state index in [4.69, 9.17) is 11.6 Å². The molecule has 158 valence electrons. The topological polar surface area (TPSA) is 66.5 Å². The monoisotopic (exact) mass is 452 g/mol. The van der Waals surface area contributed by atoms with Crippen LogP contribution >= 0.6 is 11.6 Å². The lowest BCUT2D eigenvalue weighted by atomic mass is 10.1. The van der Waals surface area contributed by atoms with Crippen LogP contribution in [0, 0.1) is 5.82 Å². The molecule has 0 aromatic heterocycles. The largest absolute Gasteiger partial charge is 0.417 e. The zero-order valence-electron chi connectivity index (χ0n) is 15.3. The first-order valence-electron chi connectivity index (χ1n) is 8.39. The van der Waals surface area contributed by atoms with Crippen LogP contribution in [0.4, 0.5) is 23.2 Å². The van der Waals surface area contributed by atoms with Crippen molar-refractivity contribution in [3.05, 3.63) is 58.4 Å². The third kappa shape index (κ3) is 5.06. The molecule has 29 heavy (non-hydrogen) atoms. The molecule has 2 aromatic rings. The van der Waals surface area contributed by atoms with Crippen LogP contribution in [0.25, 0.3) is 0 Å². The third-order valence-corrected chi connectivity index (χ3v) is 6.43. The Bertz CT molecular complexity index is 1020. The van der Waals surface area contributed by atoms with Crippen molar-refractivity contribution in [2.75, 3.05) is 18.4 Å². The number of alkyl halides is 3. The summed E-state index contributed by atoms with van der Waals surface area (Å²) in [5, 5.41) is 1.57. The molecule has 0 heterocycles. The summed E-state index contributed by atoms with van der Waals surface area (Å²) in [5.41, 5.74) is -2.07. The first kappa shape index (κ1) is 23.1. The number of carbonyl (C=O) groups is 1. The van der Waals surface area contributed by atoms with Crippen molar-refractivity contribution < 1.29 is 30.8 Å². The number of sulfonamides is 1. The quantitative estimate of drug-likeness (QED) is 0.641. The molecule has 5 nitrogen and oxygen atoms in total. The Labute approximate surface area is 170 Å². The number of anilines is 1. The fourth-order valence-electron chi connectivity index (χ4n) is 2.57. The van der Waals surface area contributed by atoms with Crippen molar-refractivity contribution in [3.63, 3.8) is 0 Å². The molecule has 0 aliphatic carbocycles. The Morgan fingerprint density at radius 1 is 1.10 bits per heavy atom. The van der Waals surface area contributed by atoms with Crippen molar-refractivity contribution >= 4 is 33.2 Å². The number of carbonyl (C=O) groups excluding carboxylic acids is 1. The van der Waals surface area contributed by atoms with Crippen molar-refractivity contribution in [2.24, 2.45) is 0 Å². The molecule has 0 aliphatic rings. The normalized spacial score (nSPS) is 12.3. The van der Waals surface area contributed by atoms with E-state index in [0.29, 0.717) is 6.07 Å². The number of halogens is 5. The highest BCUT2D eigenvalue weighted by molar-refractivity contribution is 7.89. The molecular weight excluding hydrogens is 436 g/mol. The van der Waals surface area contributed by atoms with Gasteiger partial charge in [-0.25, -0.2) is 12.8 Å². The second-order valence-electron chi connectivity index (χ2n) is 5.88. The van der Waals surface area contributed by atoms with E-state index in [9.17, 15) is 30.8 Å². The van der Waals surface area contributed by atoms with E-state index in [1.54, 1.807) is 13.8 Å². The fourth-order valence-corrected chi connectivity index (χ4v) is 4.28. The molecular formula is C18H17ClF4N2O3S. The molecule has 0 fully saturated rings. The van der Waals surface area contributed by atoms with Gasteiger partial charge in [0.1, 0.15) is 5.82 Å². The molecule has 0 aliphatic heterocycles. The van der Waals surface area contributed by atoms with Crippen LogP contribution in [0.2, 0.25) is 5.02 Å². The number of rotatable bonds is 6. The Morgan fingerprint density at radius 2 is 1.72 bits per heavy atom. The van der Waals surface area contributed by atoms with Crippen LogP contribution in [-0.4, -0.2) is 31.7 Å². The first-order valence-corrected chi connectivity index (χ1v) is 10.2. The highest BCUT2D eigenvalue weighted by Crippen LogP contribution is 2.36. The van der Waals surface area contributed by atoms with E-state index in [1.807, 2.05) is 0 Å². The Balaban J connectivity index is 2.40. The number of nitrogens with one attached hydrogen (secondary N) is 1. The number of nitrogens with zero attached hydrogens (tertiary/aromatic N) is 1. The molecule has 0 saturated heterocycles. The van der Waals surface area contributed by atoms with Gasteiger partial charge in [-0.15, -0.1) is 0 Å². The first-order chi connectivity index (χ1) is 13.4. The van der Waals surface area contributed by atoms with Crippen molar-refractivity contribution in [3.8, 4) is 0 Å². The van der Waals surface area contributed by atoms with Gasteiger partial charge in [0.05, 0.1) is 21.0 Å². The molecule has 1 N–H and O–H groups in total. The van der Waals surface area contributed by atoms with Gasteiger partial charge in [0, 0.05) is 18.8 Å². The molecule has 0 spiro atoms. The molecule has 0 unspecified atom stereocenters. The lowest BCUT2D eigenvalue weighted by molar-refractivity contribution is -0.137. The van der Waals surface area contributed by atoms with E-state index < -0.39 is 44.1 Å². The van der Waals surface area contributed by atoms with E-state index in [0.717, 1.165) is 34.6 Å². The fraction of sp³-hybridized carbons (Fsp3) is 0.278. The van der Waals surface area contributed by atoms with E-state index >= 15 is 0 Å². The standard InChI is InChI=1S/C18H17ClF4N2O3S/c1-3-25(4-2)29(27,28)12-6-8-16(20)13(10-12)17(26)24-11-5-7-15(19)14(9-11)18(21,22)23/h5-10H,3-4H2,1-2H3,(H,24,26).